The van der Waals surface area contributed by atoms with Gasteiger partial charge in [-0.3, -0.25) is 4.57 Å². The van der Waals surface area contributed by atoms with Crippen molar-refractivity contribution in [3.8, 4) is 5.82 Å². The first-order valence-electron chi connectivity index (χ1n) is 14.0. The van der Waals surface area contributed by atoms with E-state index in [1.165, 1.54) is 4.57 Å². The first kappa shape index (κ1) is 28.1. The highest BCUT2D eigenvalue weighted by Gasteiger charge is 2.26. The van der Waals surface area contributed by atoms with Crippen LogP contribution in [0.1, 0.15) is 37.9 Å². The summed E-state index contributed by atoms with van der Waals surface area (Å²) in [5, 5.41) is 9.81. The summed E-state index contributed by atoms with van der Waals surface area (Å²) in [5.74, 6) is 0.954. The molecule has 1 saturated carbocycles. The molecule has 0 atom stereocenters. The monoisotopic (exact) mass is 596 g/mol. The molecule has 1 saturated heterocycles. The van der Waals surface area contributed by atoms with Crippen LogP contribution < -0.4 is 20.9 Å². The second-order valence-corrected chi connectivity index (χ2v) is 10.8. The van der Waals surface area contributed by atoms with Crippen molar-refractivity contribution in [2.75, 3.05) is 41.8 Å². The number of hydrogen-bond acceptors (Lipinski definition) is 7. The normalized spacial score (nSPS) is 19.2. The number of hydrogen-bond donors (Lipinski definition) is 3. The first-order chi connectivity index (χ1) is 20.4. The van der Waals surface area contributed by atoms with Gasteiger partial charge >= 0.3 is 6.03 Å². The van der Waals surface area contributed by atoms with Crippen molar-refractivity contribution >= 4 is 46.1 Å². The maximum Gasteiger partial charge on any atom is 0.319 e. The minimum atomic E-state index is -2.78. The van der Waals surface area contributed by atoms with E-state index in [4.69, 9.17) is 26.3 Å². The lowest BCUT2D eigenvalue weighted by molar-refractivity contribution is 0.122. The highest BCUT2D eigenvalue weighted by molar-refractivity contribution is 6.33. The number of benzene rings is 2. The number of para-hydroxylation sites is 3. The Balaban J connectivity index is 1.19. The van der Waals surface area contributed by atoms with Gasteiger partial charge in [0.05, 0.1) is 35.0 Å². The largest absolute Gasteiger partial charge is 0.378 e. The predicted molar refractivity (Wildman–Crippen MR) is 158 cm³/mol. The van der Waals surface area contributed by atoms with Gasteiger partial charge < -0.3 is 25.6 Å². The molecular weight excluding hydrogens is 566 g/mol. The number of aromatic nitrogens is 4. The fourth-order valence-corrected chi connectivity index (χ4v) is 5.63. The number of nitrogens with one attached hydrogen (secondary N) is 3. The summed E-state index contributed by atoms with van der Waals surface area (Å²) in [5.41, 5.74) is 1.58. The topological polar surface area (TPSA) is 109 Å². The quantitative estimate of drug-likeness (QED) is 0.248. The van der Waals surface area contributed by atoms with Gasteiger partial charge in [0.1, 0.15) is 11.6 Å². The molecule has 6 rings (SSSR count). The molecule has 1 aliphatic heterocycles. The molecule has 3 N–H and O–H groups in total. The fraction of sp³-hybridized carbons (Fsp3) is 0.379. The molecule has 0 unspecified atom stereocenters. The molecule has 2 amide bonds. The molecule has 0 spiro atoms. The molecule has 3 heterocycles. The van der Waals surface area contributed by atoms with Gasteiger partial charge in [0.2, 0.25) is 5.95 Å². The molecule has 2 fully saturated rings. The van der Waals surface area contributed by atoms with Crippen LogP contribution in [0.2, 0.25) is 5.02 Å². The van der Waals surface area contributed by atoms with E-state index in [9.17, 15) is 13.6 Å². The summed E-state index contributed by atoms with van der Waals surface area (Å²) >= 11 is 6.15. The van der Waals surface area contributed by atoms with Crippen LogP contribution in [-0.4, -0.2) is 63.9 Å². The molecule has 2 aliphatic rings. The highest BCUT2D eigenvalue weighted by atomic mass is 35.5. The fourth-order valence-electron chi connectivity index (χ4n) is 5.44. The van der Waals surface area contributed by atoms with E-state index < -0.39 is 6.43 Å². The number of alkyl halides is 2. The number of imidazole rings is 1. The van der Waals surface area contributed by atoms with E-state index >= 15 is 0 Å². The lowest BCUT2D eigenvalue weighted by Gasteiger charge is -2.31. The third-order valence-electron chi connectivity index (χ3n) is 7.54. The lowest BCUT2D eigenvalue weighted by atomic mass is 9.91. The van der Waals surface area contributed by atoms with Crippen LogP contribution in [-0.2, 0) is 4.74 Å². The van der Waals surface area contributed by atoms with E-state index in [2.05, 4.69) is 20.9 Å². The van der Waals surface area contributed by atoms with Crippen molar-refractivity contribution in [1.82, 2.24) is 24.8 Å². The SMILES string of the molecule is O=C(Nc1ccccc1Cl)N[C@H]1CC[C@H](Nc2cc(-n3c(C(F)F)nc4ccccc43)nc(N3CCOCC3)n2)CC1. The summed E-state index contributed by atoms with van der Waals surface area (Å²) in [6, 6.07) is 15.6. The van der Waals surface area contributed by atoms with E-state index in [-0.39, 0.29) is 23.9 Å². The molecule has 2 aromatic heterocycles. The second kappa shape index (κ2) is 12.5. The molecule has 220 valence electrons. The number of anilines is 3. The van der Waals surface area contributed by atoms with Crippen LogP contribution in [0.15, 0.2) is 54.6 Å². The second-order valence-electron chi connectivity index (χ2n) is 10.4. The van der Waals surface area contributed by atoms with E-state index in [0.29, 0.717) is 65.6 Å². The Bertz CT molecular complexity index is 1550. The van der Waals surface area contributed by atoms with E-state index in [1.54, 1.807) is 48.5 Å². The van der Waals surface area contributed by atoms with E-state index in [1.807, 2.05) is 11.0 Å². The van der Waals surface area contributed by atoms with Crippen molar-refractivity contribution < 1.29 is 18.3 Å². The molecule has 0 radical (unpaired) electrons. The highest BCUT2D eigenvalue weighted by Crippen LogP contribution is 2.30. The summed E-state index contributed by atoms with van der Waals surface area (Å²) in [4.78, 5) is 28.2. The Morgan fingerprint density at radius 3 is 2.43 bits per heavy atom. The number of carbonyl (C=O) groups is 1. The van der Waals surface area contributed by atoms with Gasteiger partial charge in [-0.1, -0.05) is 35.9 Å². The third kappa shape index (κ3) is 6.24. The van der Waals surface area contributed by atoms with Crippen molar-refractivity contribution in [2.24, 2.45) is 0 Å². The van der Waals surface area contributed by atoms with Gasteiger partial charge in [0.25, 0.3) is 6.43 Å². The molecular formula is C29H31ClF2N8O2. The number of nitrogens with zero attached hydrogens (tertiary/aromatic N) is 5. The van der Waals surface area contributed by atoms with Crippen molar-refractivity contribution in [1.29, 1.82) is 0 Å². The standard InChI is InChI=1S/C29H31ClF2N8O2/c30-20-5-1-2-6-21(20)36-29(41)34-19-11-9-18(10-12-19)33-24-17-25(38-28(37-24)39-13-15-42-16-14-39)40-23-8-4-3-7-22(23)35-27(40)26(31)32/h1-8,17-19,26H,9-16H2,(H,33,37,38)(H2,34,36,41)/t18-,19-. The summed E-state index contributed by atoms with van der Waals surface area (Å²) in [7, 11) is 0. The Labute approximate surface area is 246 Å². The average molecular weight is 597 g/mol. The van der Waals surface area contributed by atoms with Crippen LogP contribution in [0.3, 0.4) is 0 Å². The number of fused-ring (bicyclic) bond motifs is 1. The van der Waals surface area contributed by atoms with Gasteiger partial charge in [-0.15, -0.1) is 0 Å². The minimum absolute atomic E-state index is 0.0151. The third-order valence-corrected chi connectivity index (χ3v) is 7.87. The Morgan fingerprint density at radius 1 is 0.952 bits per heavy atom. The van der Waals surface area contributed by atoms with Crippen molar-refractivity contribution in [3.05, 3.63) is 65.4 Å². The van der Waals surface area contributed by atoms with Crippen molar-refractivity contribution in [2.45, 2.75) is 44.2 Å². The molecule has 1 aliphatic carbocycles. The smallest absolute Gasteiger partial charge is 0.319 e. The Morgan fingerprint density at radius 2 is 1.67 bits per heavy atom. The van der Waals surface area contributed by atoms with E-state index in [0.717, 1.165) is 25.7 Å². The zero-order chi connectivity index (χ0) is 29.1. The molecule has 4 aromatic rings. The summed E-state index contributed by atoms with van der Waals surface area (Å²) in [6.45, 7) is 2.27. The number of halogens is 3. The van der Waals surface area contributed by atoms with Crippen molar-refractivity contribution in [3.63, 3.8) is 0 Å². The number of morpholine rings is 1. The summed E-state index contributed by atoms with van der Waals surface area (Å²) in [6.07, 6.45) is 0.333. The zero-order valence-electron chi connectivity index (χ0n) is 22.8. The molecule has 0 bridgehead atoms. The maximum atomic E-state index is 14.1. The van der Waals surface area contributed by atoms with Crippen LogP contribution >= 0.6 is 11.6 Å². The Hall–Kier alpha value is -4.03. The number of amides is 2. The minimum Gasteiger partial charge on any atom is -0.378 e. The maximum absolute atomic E-state index is 14.1. The van der Waals surface area contributed by atoms with Crippen LogP contribution in [0.25, 0.3) is 16.9 Å². The molecule has 42 heavy (non-hydrogen) atoms. The molecule has 2 aromatic carbocycles. The van der Waals surface area contributed by atoms with Crippen LogP contribution in [0.5, 0.6) is 0 Å². The van der Waals surface area contributed by atoms with Crippen LogP contribution in [0.4, 0.5) is 31.0 Å². The van der Waals surface area contributed by atoms with Gasteiger partial charge in [0, 0.05) is 31.2 Å². The number of carbonyl (C=O) groups excluding carboxylic acids is 1. The number of urea groups is 1. The molecule has 13 heteroatoms. The predicted octanol–water partition coefficient (Wildman–Crippen LogP) is 5.79. The lowest BCUT2D eigenvalue weighted by Crippen LogP contribution is -2.42. The van der Waals surface area contributed by atoms with Gasteiger partial charge in [0.15, 0.2) is 5.82 Å². The average Bonchev–Trinajstić information content (AvgIpc) is 3.40. The van der Waals surface area contributed by atoms with Gasteiger partial charge in [-0.2, -0.15) is 9.97 Å². The van der Waals surface area contributed by atoms with Gasteiger partial charge in [-0.05, 0) is 49.9 Å². The zero-order valence-corrected chi connectivity index (χ0v) is 23.5. The molecule has 10 nitrogen and oxygen atoms in total. The van der Waals surface area contributed by atoms with Crippen LogP contribution in [0, 0.1) is 0 Å². The summed E-state index contributed by atoms with van der Waals surface area (Å²) < 4.78 is 35.2. The number of rotatable bonds is 7. The number of ether oxygens (including phenoxy) is 1. The van der Waals surface area contributed by atoms with Gasteiger partial charge in [-0.25, -0.2) is 18.6 Å². The first-order valence-corrected chi connectivity index (χ1v) is 14.4. The Kier molecular flexibility index (Phi) is 8.34.